The van der Waals surface area contributed by atoms with E-state index < -0.39 is 28.9 Å². The van der Waals surface area contributed by atoms with E-state index in [1.165, 1.54) is 0 Å². The third-order valence-corrected chi connectivity index (χ3v) is 2.33. The first kappa shape index (κ1) is 14.2. The number of carbonyl (C=O) groups excluding carboxylic acids is 1. The molecule has 0 amide bonds. The quantitative estimate of drug-likeness (QED) is 0.347. The van der Waals surface area contributed by atoms with Crippen molar-refractivity contribution in [2.45, 2.75) is 25.4 Å². The smallest absolute Gasteiger partial charge is 0.294 e. The lowest BCUT2D eigenvalue weighted by Crippen LogP contribution is -2.12. The lowest BCUT2D eigenvalue weighted by atomic mass is 10.0. The number of unbranched alkanes of at least 4 members (excludes halogenated alkanes) is 1. The fourth-order valence-corrected chi connectivity index (χ4v) is 1.45. The van der Waals surface area contributed by atoms with Crippen molar-refractivity contribution >= 4 is 5.78 Å². The summed E-state index contributed by atoms with van der Waals surface area (Å²) in [4.78, 5) is 11.5. The van der Waals surface area contributed by atoms with Gasteiger partial charge in [0.25, 0.3) is 0 Å². The molecule has 0 saturated carbocycles. The van der Waals surface area contributed by atoms with Gasteiger partial charge in [-0.05, 0) is 18.6 Å². The number of Topliss-reactive ketones (excluding diaryl/α,β-unsaturated/α-hetero) is 1. The van der Waals surface area contributed by atoms with Crippen molar-refractivity contribution in [3.05, 3.63) is 35.1 Å². The van der Waals surface area contributed by atoms with Crippen LogP contribution in [0.2, 0.25) is 0 Å². The van der Waals surface area contributed by atoms with Crippen LogP contribution in [-0.4, -0.2) is 5.78 Å². The van der Waals surface area contributed by atoms with Crippen molar-refractivity contribution < 1.29 is 22.4 Å². The number of hydrogen-bond donors (Lipinski definition) is 0. The fourth-order valence-electron chi connectivity index (χ4n) is 1.45. The van der Waals surface area contributed by atoms with E-state index in [-0.39, 0.29) is 6.42 Å². The number of rotatable bonds is 4. The number of terminal acetylenes is 1. The summed E-state index contributed by atoms with van der Waals surface area (Å²) in [7, 11) is 0. The Morgan fingerprint density at radius 1 is 1.33 bits per heavy atom. The van der Waals surface area contributed by atoms with Crippen LogP contribution in [0.25, 0.3) is 0 Å². The summed E-state index contributed by atoms with van der Waals surface area (Å²) in [5.41, 5.74) is -1.97. The highest BCUT2D eigenvalue weighted by molar-refractivity contribution is 5.96. The second kappa shape index (κ2) is 5.67. The van der Waals surface area contributed by atoms with E-state index in [1.54, 1.807) is 0 Å². The summed E-state index contributed by atoms with van der Waals surface area (Å²) in [5.74, 6) is 0.109. The Kier molecular flexibility index (Phi) is 4.49. The first-order chi connectivity index (χ1) is 8.38. The molecule has 1 aromatic carbocycles. The Labute approximate surface area is 102 Å². The molecule has 0 fully saturated rings. The monoisotopic (exact) mass is 258 g/mol. The second-order valence-corrected chi connectivity index (χ2v) is 3.65. The maximum Gasteiger partial charge on any atom is 0.419 e. The predicted octanol–water partition coefficient (Wildman–Crippen LogP) is 3.83. The van der Waals surface area contributed by atoms with Gasteiger partial charge in [0.15, 0.2) is 5.78 Å². The highest BCUT2D eigenvalue weighted by Gasteiger charge is 2.35. The average Bonchev–Trinajstić information content (AvgIpc) is 2.28. The first-order valence-electron chi connectivity index (χ1n) is 5.20. The van der Waals surface area contributed by atoms with Crippen LogP contribution in [0.3, 0.4) is 0 Å². The molecule has 0 radical (unpaired) electrons. The van der Waals surface area contributed by atoms with E-state index in [0.29, 0.717) is 18.9 Å². The maximum atomic E-state index is 13.5. The highest BCUT2D eigenvalue weighted by Crippen LogP contribution is 2.32. The number of halogens is 4. The molecule has 5 heteroatoms. The zero-order valence-corrected chi connectivity index (χ0v) is 9.35. The van der Waals surface area contributed by atoms with Crippen LogP contribution in [0, 0.1) is 18.2 Å². The lowest BCUT2D eigenvalue weighted by Gasteiger charge is -2.10. The Morgan fingerprint density at radius 3 is 2.56 bits per heavy atom. The fraction of sp³-hybridized carbons (Fsp3) is 0.308. The van der Waals surface area contributed by atoms with Crippen LogP contribution in [0.5, 0.6) is 0 Å². The molecule has 1 rings (SSSR count). The van der Waals surface area contributed by atoms with Gasteiger partial charge in [-0.1, -0.05) is 6.07 Å². The van der Waals surface area contributed by atoms with Crippen LogP contribution in [0.1, 0.15) is 35.2 Å². The van der Waals surface area contributed by atoms with Crippen LogP contribution in [0.4, 0.5) is 17.6 Å². The molecular formula is C13H10F4O. The molecule has 1 nitrogen and oxygen atoms in total. The molecule has 0 heterocycles. The Morgan fingerprint density at radius 2 is 2.00 bits per heavy atom. The van der Waals surface area contributed by atoms with E-state index in [1.807, 2.05) is 0 Å². The molecule has 1 aromatic rings. The van der Waals surface area contributed by atoms with E-state index in [9.17, 15) is 22.4 Å². The summed E-state index contributed by atoms with van der Waals surface area (Å²) in [5, 5.41) is 0. The predicted molar refractivity (Wildman–Crippen MR) is 58.4 cm³/mol. The zero-order valence-electron chi connectivity index (χ0n) is 9.35. The number of alkyl halides is 3. The maximum absolute atomic E-state index is 13.5. The van der Waals surface area contributed by atoms with Crippen LogP contribution in [0.15, 0.2) is 18.2 Å². The van der Waals surface area contributed by atoms with Crippen LogP contribution >= 0.6 is 0 Å². The molecule has 0 aliphatic heterocycles. The van der Waals surface area contributed by atoms with Gasteiger partial charge in [-0.2, -0.15) is 13.2 Å². The Balaban J connectivity index is 2.98. The number of hydrogen-bond acceptors (Lipinski definition) is 1. The summed E-state index contributed by atoms with van der Waals surface area (Å²) in [6.45, 7) is 0. The van der Waals surface area contributed by atoms with Crippen molar-refractivity contribution in [3.63, 3.8) is 0 Å². The van der Waals surface area contributed by atoms with E-state index in [0.717, 1.165) is 12.1 Å². The largest absolute Gasteiger partial charge is 0.419 e. The van der Waals surface area contributed by atoms with E-state index >= 15 is 0 Å². The number of benzene rings is 1. The molecule has 0 atom stereocenters. The summed E-state index contributed by atoms with van der Waals surface area (Å²) in [6, 6.07) is 2.66. The molecule has 96 valence electrons. The molecular weight excluding hydrogens is 248 g/mol. The molecule has 0 saturated heterocycles. The molecule has 0 spiro atoms. The van der Waals surface area contributed by atoms with E-state index in [2.05, 4.69) is 5.92 Å². The van der Waals surface area contributed by atoms with Crippen LogP contribution in [-0.2, 0) is 6.18 Å². The normalized spacial score (nSPS) is 11.1. The van der Waals surface area contributed by atoms with Gasteiger partial charge in [-0.25, -0.2) is 4.39 Å². The molecule has 0 aliphatic carbocycles. The van der Waals surface area contributed by atoms with Gasteiger partial charge in [-0.15, -0.1) is 12.3 Å². The molecule has 0 unspecified atom stereocenters. The van der Waals surface area contributed by atoms with Gasteiger partial charge in [0, 0.05) is 12.8 Å². The summed E-state index contributed by atoms with van der Waals surface area (Å²) < 4.78 is 50.8. The van der Waals surface area contributed by atoms with Gasteiger partial charge < -0.3 is 0 Å². The van der Waals surface area contributed by atoms with Crippen molar-refractivity contribution in [1.82, 2.24) is 0 Å². The molecule has 0 bridgehead atoms. The molecule has 0 N–H and O–H groups in total. The minimum Gasteiger partial charge on any atom is -0.294 e. The highest BCUT2D eigenvalue weighted by atomic mass is 19.4. The van der Waals surface area contributed by atoms with Crippen molar-refractivity contribution in [2.24, 2.45) is 0 Å². The van der Waals surface area contributed by atoms with Crippen LogP contribution < -0.4 is 0 Å². The zero-order chi connectivity index (χ0) is 13.8. The van der Waals surface area contributed by atoms with Gasteiger partial charge in [0.2, 0.25) is 0 Å². The van der Waals surface area contributed by atoms with Gasteiger partial charge in [-0.3, -0.25) is 4.79 Å². The SMILES string of the molecule is C#CCCCC(=O)c1cccc(C(F)(F)F)c1F. The Hall–Kier alpha value is -1.83. The average molecular weight is 258 g/mol. The van der Waals surface area contributed by atoms with Gasteiger partial charge >= 0.3 is 6.18 Å². The molecule has 18 heavy (non-hydrogen) atoms. The summed E-state index contributed by atoms with van der Waals surface area (Å²) >= 11 is 0. The number of carbonyl (C=O) groups is 1. The third kappa shape index (κ3) is 3.33. The lowest BCUT2D eigenvalue weighted by molar-refractivity contribution is -0.140. The van der Waals surface area contributed by atoms with Crippen molar-refractivity contribution in [2.75, 3.05) is 0 Å². The molecule has 0 aliphatic rings. The third-order valence-electron chi connectivity index (χ3n) is 2.33. The minimum atomic E-state index is -4.81. The topological polar surface area (TPSA) is 17.1 Å². The van der Waals surface area contributed by atoms with Crippen molar-refractivity contribution in [1.29, 1.82) is 0 Å². The second-order valence-electron chi connectivity index (χ2n) is 3.65. The summed E-state index contributed by atoms with van der Waals surface area (Å²) in [6.07, 6.45) is 0.757. The number of ketones is 1. The van der Waals surface area contributed by atoms with E-state index in [4.69, 9.17) is 6.42 Å². The molecule has 0 aromatic heterocycles. The minimum absolute atomic E-state index is 0.0670. The standard InChI is InChI=1S/C13H10F4O/c1-2-3-4-8-11(18)9-6-5-7-10(12(9)14)13(15,16)17/h1,5-7H,3-4,8H2. The van der Waals surface area contributed by atoms with Gasteiger partial charge in [0.1, 0.15) is 5.82 Å². The Bertz CT molecular complexity index is 483. The van der Waals surface area contributed by atoms with Gasteiger partial charge in [0.05, 0.1) is 11.1 Å². The first-order valence-corrected chi connectivity index (χ1v) is 5.20. The van der Waals surface area contributed by atoms with Crippen molar-refractivity contribution in [3.8, 4) is 12.3 Å².